The second-order valence-corrected chi connectivity index (χ2v) is 11.6. The van der Waals surface area contributed by atoms with E-state index in [9.17, 15) is 0 Å². The molecule has 188 valence electrons. The molecule has 3 heterocycles. The fraction of sp³-hybridized carbons (Fsp3) is 0.0556. The molecular weight excluding hydrogens is 506 g/mol. The Labute approximate surface area is 234 Å². The first kappa shape index (κ1) is 22.1. The molecule has 0 spiro atoms. The van der Waals surface area contributed by atoms with Crippen molar-refractivity contribution in [3.05, 3.63) is 133 Å². The summed E-state index contributed by atoms with van der Waals surface area (Å²) in [7, 11) is 0. The summed E-state index contributed by atoms with van der Waals surface area (Å²) < 4.78 is 4.98. The predicted octanol–water partition coefficient (Wildman–Crippen LogP) is 9.46. The Morgan fingerprint density at radius 1 is 0.650 bits per heavy atom. The molecule has 9 rings (SSSR count). The Bertz CT molecular complexity index is 2280. The van der Waals surface area contributed by atoms with Gasteiger partial charge in [0.25, 0.3) is 0 Å². The van der Waals surface area contributed by atoms with E-state index in [0.717, 1.165) is 17.2 Å². The lowest BCUT2D eigenvalue weighted by Crippen LogP contribution is -2.28. The minimum Gasteiger partial charge on any atom is -0.278 e. The van der Waals surface area contributed by atoms with E-state index in [0.29, 0.717) is 0 Å². The molecular formula is C36H23N3S. The normalized spacial score (nSPS) is 18.6. The summed E-state index contributed by atoms with van der Waals surface area (Å²) in [6, 6.07) is 37.0. The van der Waals surface area contributed by atoms with Crippen molar-refractivity contribution in [2.75, 3.05) is 0 Å². The average Bonchev–Trinajstić information content (AvgIpc) is 3.58. The first-order valence-electron chi connectivity index (χ1n) is 13.7. The van der Waals surface area contributed by atoms with Crippen molar-refractivity contribution in [2.24, 2.45) is 15.9 Å². The molecule has 2 atom stereocenters. The van der Waals surface area contributed by atoms with Crippen LogP contribution in [0, 0.1) is 5.92 Å². The molecule has 0 saturated carbocycles. The van der Waals surface area contributed by atoms with Gasteiger partial charge in [-0.1, -0.05) is 109 Å². The summed E-state index contributed by atoms with van der Waals surface area (Å²) in [5.74, 6) is 0.865. The first-order chi connectivity index (χ1) is 19.9. The maximum Gasteiger partial charge on any atom is 0.230 e. The number of para-hydroxylation sites is 1. The van der Waals surface area contributed by atoms with Gasteiger partial charge in [0.15, 0.2) is 0 Å². The number of fused-ring (bicyclic) bond motifs is 11. The molecule has 2 aliphatic rings. The van der Waals surface area contributed by atoms with Crippen molar-refractivity contribution in [2.45, 2.75) is 6.04 Å². The number of hydrogen-bond acceptors (Lipinski definition) is 3. The van der Waals surface area contributed by atoms with Crippen molar-refractivity contribution < 1.29 is 0 Å². The molecule has 0 bridgehead atoms. The quantitative estimate of drug-likeness (QED) is 0.203. The van der Waals surface area contributed by atoms with Crippen LogP contribution in [-0.2, 0) is 0 Å². The smallest absolute Gasteiger partial charge is 0.230 e. The van der Waals surface area contributed by atoms with Crippen LogP contribution in [0.4, 0.5) is 0 Å². The van der Waals surface area contributed by atoms with Crippen molar-refractivity contribution in [1.29, 1.82) is 0 Å². The van der Waals surface area contributed by atoms with Gasteiger partial charge in [0.2, 0.25) is 5.96 Å². The highest BCUT2D eigenvalue weighted by atomic mass is 32.1. The number of thiophene rings is 1. The van der Waals surface area contributed by atoms with Gasteiger partial charge < -0.3 is 0 Å². The fourth-order valence-corrected chi connectivity index (χ4v) is 7.89. The molecule has 4 heteroatoms. The van der Waals surface area contributed by atoms with E-state index in [1.54, 1.807) is 0 Å². The van der Waals surface area contributed by atoms with Gasteiger partial charge in [-0.15, -0.1) is 11.3 Å². The fourth-order valence-electron chi connectivity index (χ4n) is 6.64. The summed E-state index contributed by atoms with van der Waals surface area (Å²) in [6.07, 6.45) is 8.58. The van der Waals surface area contributed by atoms with Crippen LogP contribution >= 0.6 is 11.3 Å². The van der Waals surface area contributed by atoms with Crippen LogP contribution < -0.4 is 0 Å². The molecule has 40 heavy (non-hydrogen) atoms. The van der Waals surface area contributed by atoms with E-state index in [-0.39, 0.29) is 12.0 Å². The van der Waals surface area contributed by atoms with E-state index in [1.807, 2.05) is 11.3 Å². The number of nitrogens with zero attached hydrogens (tertiary/aromatic N) is 3. The number of aromatic nitrogens is 1. The molecule has 7 aromatic rings. The van der Waals surface area contributed by atoms with Crippen LogP contribution in [0.2, 0.25) is 0 Å². The highest BCUT2D eigenvalue weighted by Crippen LogP contribution is 2.47. The highest BCUT2D eigenvalue weighted by molar-refractivity contribution is 7.27. The number of allylic oxidation sites excluding steroid dienone is 3. The largest absolute Gasteiger partial charge is 0.278 e. The van der Waals surface area contributed by atoms with Crippen molar-refractivity contribution in [3.8, 4) is 0 Å². The lowest BCUT2D eigenvalue weighted by Gasteiger charge is -2.28. The topological polar surface area (TPSA) is 29.6 Å². The van der Waals surface area contributed by atoms with Gasteiger partial charge in [-0.25, -0.2) is 9.98 Å². The van der Waals surface area contributed by atoms with Crippen molar-refractivity contribution in [3.63, 3.8) is 0 Å². The Morgan fingerprint density at radius 3 is 2.25 bits per heavy atom. The molecule has 3 nitrogen and oxygen atoms in total. The van der Waals surface area contributed by atoms with E-state index in [1.165, 1.54) is 52.8 Å². The van der Waals surface area contributed by atoms with Crippen LogP contribution in [0.5, 0.6) is 0 Å². The Hall–Kier alpha value is -4.80. The minimum absolute atomic E-state index is 0.0434. The zero-order chi connectivity index (χ0) is 26.2. The van der Waals surface area contributed by atoms with E-state index in [2.05, 4.69) is 132 Å². The molecule has 0 saturated heterocycles. The number of rotatable bonds is 1. The maximum absolute atomic E-state index is 5.43. The third-order valence-electron chi connectivity index (χ3n) is 8.35. The summed E-state index contributed by atoms with van der Waals surface area (Å²) in [5.41, 5.74) is 4.57. The zero-order valence-corrected chi connectivity index (χ0v) is 22.3. The van der Waals surface area contributed by atoms with Crippen LogP contribution in [0.1, 0.15) is 11.6 Å². The Kier molecular flexibility index (Phi) is 4.60. The minimum atomic E-state index is -0.0434. The van der Waals surface area contributed by atoms with Gasteiger partial charge in [0.05, 0.1) is 22.8 Å². The summed E-state index contributed by atoms with van der Waals surface area (Å²) in [5, 5.41) is 7.65. The van der Waals surface area contributed by atoms with Gasteiger partial charge in [-0.05, 0) is 23.8 Å². The van der Waals surface area contributed by atoms with E-state index in [4.69, 9.17) is 9.98 Å². The standard InChI is InChI=1S/C36H23N3S/c1-2-12-22(13-3-1)33-25-16-6-9-19-28(25)37-36(38-33)39-29-20-10-7-17-26(29)31-32-27-18-8-11-21-30(27)40-35(32)24-15-5-4-14-23(24)34(31)39/h1-21,25,33H. The zero-order valence-electron chi connectivity index (χ0n) is 21.5. The first-order valence-corrected chi connectivity index (χ1v) is 14.5. The SMILES string of the molecule is C1=CC2=NC(n3c4ccccc4c4c5c6ccccc6sc5c5ccccc5c43)=NC(c3ccccc3)C2C=C1. The second-order valence-electron chi connectivity index (χ2n) is 10.5. The number of hydrogen-bond donors (Lipinski definition) is 0. The predicted molar refractivity (Wildman–Crippen MR) is 171 cm³/mol. The van der Waals surface area contributed by atoms with Gasteiger partial charge in [0, 0.05) is 47.6 Å². The third-order valence-corrected chi connectivity index (χ3v) is 9.55. The van der Waals surface area contributed by atoms with Crippen LogP contribution in [0.3, 0.4) is 0 Å². The maximum atomic E-state index is 5.43. The molecule has 1 aliphatic heterocycles. The Balaban J connectivity index is 1.47. The molecule has 1 aliphatic carbocycles. The van der Waals surface area contributed by atoms with Gasteiger partial charge in [-0.2, -0.15) is 0 Å². The molecule has 0 amide bonds. The Morgan fingerprint density at radius 2 is 1.38 bits per heavy atom. The molecule has 2 unspecified atom stereocenters. The van der Waals surface area contributed by atoms with E-state index >= 15 is 0 Å². The number of aliphatic imine (C=N–C) groups is 2. The number of benzene rings is 5. The van der Waals surface area contributed by atoms with Crippen molar-refractivity contribution >= 4 is 75.8 Å². The summed E-state index contributed by atoms with van der Waals surface area (Å²) in [4.78, 5) is 10.7. The molecule has 0 N–H and O–H groups in total. The summed E-state index contributed by atoms with van der Waals surface area (Å²) >= 11 is 1.89. The van der Waals surface area contributed by atoms with Gasteiger partial charge >= 0.3 is 0 Å². The van der Waals surface area contributed by atoms with E-state index < -0.39 is 0 Å². The average molecular weight is 530 g/mol. The molecule has 0 fully saturated rings. The lowest BCUT2D eigenvalue weighted by molar-refractivity contribution is 0.636. The summed E-state index contributed by atoms with van der Waals surface area (Å²) in [6.45, 7) is 0. The van der Waals surface area contributed by atoms with Gasteiger partial charge in [-0.3, -0.25) is 4.57 Å². The second kappa shape index (κ2) is 8.35. The lowest BCUT2D eigenvalue weighted by atomic mass is 9.86. The monoisotopic (exact) mass is 529 g/mol. The van der Waals surface area contributed by atoms with Crippen LogP contribution in [0.25, 0.3) is 52.8 Å². The third kappa shape index (κ3) is 3.00. The highest BCUT2D eigenvalue weighted by Gasteiger charge is 2.32. The molecule has 2 aromatic heterocycles. The van der Waals surface area contributed by atoms with Crippen LogP contribution in [0.15, 0.2) is 137 Å². The molecule has 5 aromatic carbocycles. The van der Waals surface area contributed by atoms with Crippen molar-refractivity contribution in [1.82, 2.24) is 4.57 Å². The van der Waals surface area contributed by atoms with Gasteiger partial charge in [0.1, 0.15) is 0 Å². The molecule has 0 radical (unpaired) electrons. The van der Waals surface area contributed by atoms with Crippen LogP contribution in [-0.4, -0.2) is 16.2 Å².